The van der Waals surface area contributed by atoms with Crippen molar-refractivity contribution in [3.05, 3.63) is 0 Å². The molecule has 0 fully saturated rings. The molecule has 3 nitrogen and oxygen atoms in total. The van der Waals surface area contributed by atoms with E-state index < -0.39 is 0 Å². The third-order valence-electron chi connectivity index (χ3n) is 2.08. The molecule has 3 heteroatoms. The molecule has 0 heterocycles. The van der Waals surface area contributed by atoms with Crippen molar-refractivity contribution in [1.82, 2.24) is 9.80 Å². The SMILES string of the molecule is CN(C)CCN(C)CC[N+](C)(C)C. The highest BCUT2D eigenvalue weighted by Crippen LogP contribution is 1.91. The second-order valence-corrected chi connectivity index (χ2v) is 5.12. The Bertz CT molecular complexity index is 127. The van der Waals surface area contributed by atoms with E-state index >= 15 is 0 Å². The van der Waals surface area contributed by atoms with Crippen LogP contribution in [-0.4, -0.2) is 82.7 Å². The first-order valence-electron chi connectivity index (χ1n) is 4.95. The minimum absolute atomic E-state index is 1.05. The van der Waals surface area contributed by atoms with Crippen LogP contribution in [0.15, 0.2) is 0 Å². The van der Waals surface area contributed by atoms with Gasteiger partial charge in [-0.05, 0) is 21.1 Å². The van der Waals surface area contributed by atoms with Crippen LogP contribution in [0.1, 0.15) is 0 Å². The van der Waals surface area contributed by atoms with Gasteiger partial charge < -0.3 is 9.38 Å². The van der Waals surface area contributed by atoms with Gasteiger partial charge in [0.2, 0.25) is 0 Å². The average Bonchev–Trinajstić information content (AvgIpc) is 1.95. The van der Waals surface area contributed by atoms with Gasteiger partial charge in [-0.1, -0.05) is 0 Å². The van der Waals surface area contributed by atoms with Crippen LogP contribution in [0, 0.1) is 0 Å². The van der Waals surface area contributed by atoms with Crippen LogP contribution in [-0.2, 0) is 0 Å². The predicted octanol–water partition coefficient (Wildman–Crippen LogP) is 0.186. The molecule has 0 aromatic carbocycles. The van der Waals surface area contributed by atoms with E-state index in [0.717, 1.165) is 17.6 Å². The van der Waals surface area contributed by atoms with Gasteiger partial charge in [-0.15, -0.1) is 0 Å². The summed E-state index contributed by atoms with van der Waals surface area (Å²) in [6.07, 6.45) is 0. The van der Waals surface area contributed by atoms with Gasteiger partial charge in [0.1, 0.15) is 0 Å². The van der Waals surface area contributed by atoms with Crippen LogP contribution < -0.4 is 0 Å². The fourth-order valence-corrected chi connectivity index (χ4v) is 0.953. The van der Waals surface area contributed by atoms with Gasteiger partial charge in [0.05, 0.1) is 27.7 Å². The lowest BCUT2D eigenvalue weighted by atomic mass is 10.4. The highest BCUT2D eigenvalue weighted by Gasteiger charge is 2.08. The number of hydrogen-bond donors (Lipinski definition) is 0. The maximum atomic E-state index is 2.39. The van der Waals surface area contributed by atoms with Crippen molar-refractivity contribution in [3.8, 4) is 0 Å². The van der Waals surface area contributed by atoms with Gasteiger partial charge >= 0.3 is 0 Å². The van der Waals surface area contributed by atoms with E-state index in [1.165, 1.54) is 13.1 Å². The Morgan fingerprint density at radius 1 is 0.846 bits per heavy atom. The first-order chi connectivity index (χ1) is 5.81. The van der Waals surface area contributed by atoms with E-state index in [2.05, 4.69) is 52.1 Å². The van der Waals surface area contributed by atoms with Crippen molar-refractivity contribution >= 4 is 0 Å². The Labute approximate surface area is 83.5 Å². The summed E-state index contributed by atoms with van der Waals surface area (Å²) in [5.41, 5.74) is 0. The topological polar surface area (TPSA) is 6.48 Å². The third-order valence-corrected chi connectivity index (χ3v) is 2.08. The van der Waals surface area contributed by atoms with E-state index in [4.69, 9.17) is 0 Å². The monoisotopic (exact) mass is 188 g/mol. The fraction of sp³-hybridized carbons (Fsp3) is 1.00. The van der Waals surface area contributed by atoms with Crippen LogP contribution in [0.25, 0.3) is 0 Å². The van der Waals surface area contributed by atoms with Crippen molar-refractivity contribution in [2.45, 2.75) is 0 Å². The van der Waals surface area contributed by atoms with Gasteiger partial charge in [0.15, 0.2) is 0 Å². The Kier molecular flexibility index (Phi) is 5.53. The smallest absolute Gasteiger partial charge is 0.0909 e. The molecule has 0 N–H and O–H groups in total. The molecule has 0 aromatic rings. The first kappa shape index (κ1) is 12.9. The second kappa shape index (κ2) is 5.58. The quantitative estimate of drug-likeness (QED) is 0.549. The minimum Gasteiger partial charge on any atom is -0.330 e. The zero-order chi connectivity index (χ0) is 10.5. The molecule has 13 heavy (non-hydrogen) atoms. The molecule has 80 valence electrons. The fourth-order valence-electron chi connectivity index (χ4n) is 0.953. The summed E-state index contributed by atoms with van der Waals surface area (Å²) in [6.45, 7) is 4.70. The Hall–Kier alpha value is -0.120. The second-order valence-electron chi connectivity index (χ2n) is 5.12. The lowest BCUT2D eigenvalue weighted by molar-refractivity contribution is -0.869. The Morgan fingerprint density at radius 2 is 1.38 bits per heavy atom. The number of quaternary nitrogens is 1. The van der Waals surface area contributed by atoms with Crippen molar-refractivity contribution < 1.29 is 4.48 Å². The average molecular weight is 188 g/mol. The Morgan fingerprint density at radius 3 is 1.77 bits per heavy atom. The van der Waals surface area contributed by atoms with Crippen molar-refractivity contribution in [2.24, 2.45) is 0 Å². The number of hydrogen-bond acceptors (Lipinski definition) is 2. The minimum atomic E-state index is 1.05. The summed E-state index contributed by atoms with van der Waals surface area (Å²) in [7, 11) is 13.1. The molecule has 0 spiro atoms. The van der Waals surface area contributed by atoms with Gasteiger partial charge in [-0.25, -0.2) is 0 Å². The van der Waals surface area contributed by atoms with Gasteiger partial charge in [-0.3, -0.25) is 4.90 Å². The molecule has 0 saturated heterocycles. The molecular formula is C10H26N3+. The molecule has 0 amide bonds. The largest absolute Gasteiger partial charge is 0.330 e. The van der Waals surface area contributed by atoms with Crippen LogP contribution in [0.4, 0.5) is 0 Å². The van der Waals surface area contributed by atoms with Gasteiger partial charge in [0, 0.05) is 19.6 Å². The number of likely N-dealkylation sites (N-methyl/N-ethyl adjacent to an activating group) is 3. The molecule has 0 radical (unpaired) electrons. The summed E-state index contributed by atoms with van der Waals surface area (Å²) in [5.74, 6) is 0. The molecule has 0 aliphatic heterocycles. The molecule has 0 aliphatic rings. The van der Waals surface area contributed by atoms with Crippen LogP contribution in [0.3, 0.4) is 0 Å². The third kappa shape index (κ3) is 9.80. The van der Waals surface area contributed by atoms with Gasteiger partial charge in [-0.2, -0.15) is 0 Å². The van der Waals surface area contributed by atoms with E-state index in [9.17, 15) is 0 Å². The zero-order valence-corrected chi connectivity index (χ0v) is 10.2. The normalized spacial score (nSPS) is 12.9. The Balaban J connectivity index is 3.46. The maximum Gasteiger partial charge on any atom is 0.0909 e. The van der Waals surface area contributed by atoms with Gasteiger partial charge in [0.25, 0.3) is 0 Å². The summed E-state index contributed by atoms with van der Waals surface area (Å²) in [4.78, 5) is 4.62. The van der Waals surface area contributed by atoms with Crippen molar-refractivity contribution in [1.29, 1.82) is 0 Å². The maximum absolute atomic E-state index is 2.39. The summed E-state index contributed by atoms with van der Waals surface area (Å²) in [5, 5.41) is 0. The zero-order valence-electron chi connectivity index (χ0n) is 10.2. The molecule has 0 rings (SSSR count). The van der Waals surface area contributed by atoms with E-state index in [-0.39, 0.29) is 0 Å². The molecule has 0 atom stereocenters. The molecule has 0 aromatic heterocycles. The summed E-state index contributed by atoms with van der Waals surface area (Å²) < 4.78 is 1.05. The number of nitrogens with zero attached hydrogens (tertiary/aromatic N) is 3. The van der Waals surface area contributed by atoms with E-state index in [1.807, 2.05) is 0 Å². The number of rotatable bonds is 6. The highest BCUT2D eigenvalue weighted by atomic mass is 15.3. The van der Waals surface area contributed by atoms with Crippen molar-refractivity contribution in [3.63, 3.8) is 0 Å². The molecule has 0 saturated carbocycles. The van der Waals surface area contributed by atoms with E-state index in [0.29, 0.717) is 0 Å². The van der Waals surface area contributed by atoms with Crippen LogP contribution in [0.5, 0.6) is 0 Å². The highest BCUT2D eigenvalue weighted by molar-refractivity contribution is 4.52. The lowest BCUT2D eigenvalue weighted by Crippen LogP contribution is -2.42. The van der Waals surface area contributed by atoms with E-state index in [1.54, 1.807) is 0 Å². The molecular weight excluding hydrogens is 162 g/mol. The summed E-state index contributed by atoms with van der Waals surface area (Å²) >= 11 is 0. The predicted molar refractivity (Wildman–Crippen MR) is 59.0 cm³/mol. The summed E-state index contributed by atoms with van der Waals surface area (Å²) in [6, 6.07) is 0. The molecule has 0 aliphatic carbocycles. The van der Waals surface area contributed by atoms with Crippen LogP contribution in [0.2, 0.25) is 0 Å². The molecule has 0 bridgehead atoms. The van der Waals surface area contributed by atoms with Crippen LogP contribution >= 0.6 is 0 Å². The lowest BCUT2D eigenvalue weighted by Gasteiger charge is -2.27. The first-order valence-corrected chi connectivity index (χ1v) is 4.95. The van der Waals surface area contributed by atoms with Crippen molar-refractivity contribution in [2.75, 3.05) is 68.5 Å². The molecule has 0 unspecified atom stereocenters. The standard InChI is InChI=1S/C10H26N3/c1-11(2)7-8-12(3)9-10-13(4,5)6/h7-10H2,1-6H3/q+1.